The molecule has 0 radical (unpaired) electrons. The molecule has 0 aliphatic heterocycles. The molecule has 1 unspecified atom stereocenters. The minimum absolute atomic E-state index is 0.267. The van der Waals surface area contributed by atoms with Crippen molar-refractivity contribution in [2.45, 2.75) is 13.0 Å². The lowest BCUT2D eigenvalue weighted by Gasteiger charge is -2.14. The van der Waals surface area contributed by atoms with E-state index >= 15 is 0 Å². The maximum absolute atomic E-state index is 5.98. The molecule has 1 aromatic rings. The Hall–Kier alpha value is -0.250. The fourth-order valence-corrected chi connectivity index (χ4v) is 1.81. The van der Waals surface area contributed by atoms with E-state index in [1.165, 1.54) is 0 Å². The number of halogens is 1. The minimum Gasteiger partial charge on any atom is -0.309 e. The Kier molecular flexibility index (Phi) is 5.30. The molecular weight excluding hydrogens is 216 g/mol. The minimum atomic E-state index is 0.267. The molecule has 0 saturated heterocycles. The Bertz CT molecular complexity index is 281. The second kappa shape index (κ2) is 6.27. The van der Waals surface area contributed by atoms with Crippen molar-refractivity contribution in [2.24, 2.45) is 0 Å². The number of aromatic nitrogens is 1. The highest BCUT2D eigenvalue weighted by Crippen LogP contribution is 2.19. The van der Waals surface area contributed by atoms with Crippen molar-refractivity contribution in [1.82, 2.24) is 10.3 Å². The molecule has 2 nitrogen and oxygen atoms in total. The van der Waals surface area contributed by atoms with E-state index in [4.69, 9.17) is 11.6 Å². The highest BCUT2D eigenvalue weighted by Gasteiger charge is 2.08. The van der Waals surface area contributed by atoms with E-state index in [2.05, 4.69) is 23.5 Å². The monoisotopic (exact) mass is 230 g/mol. The van der Waals surface area contributed by atoms with Crippen LogP contribution in [0, 0.1) is 0 Å². The quantitative estimate of drug-likeness (QED) is 0.622. The predicted octanol–water partition coefficient (Wildman–Crippen LogP) is 2.75. The van der Waals surface area contributed by atoms with Gasteiger partial charge in [-0.15, -0.1) is 0 Å². The van der Waals surface area contributed by atoms with Gasteiger partial charge in [0.15, 0.2) is 0 Å². The largest absolute Gasteiger partial charge is 0.309 e. The number of nitrogens with one attached hydrogen (secondary N) is 1. The lowest BCUT2D eigenvalue weighted by atomic mass is 10.1. The van der Waals surface area contributed by atoms with Crippen LogP contribution in [0.5, 0.6) is 0 Å². The third-order valence-corrected chi connectivity index (χ3v) is 2.94. The van der Waals surface area contributed by atoms with Gasteiger partial charge in [-0.3, -0.25) is 0 Å². The van der Waals surface area contributed by atoms with Gasteiger partial charge in [-0.2, -0.15) is 11.8 Å². The molecule has 0 aromatic carbocycles. The summed E-state index contributed by atoms with van der Waals surface area (Å²) in [5.74, 6) is 1.11. The molecule has 0 amide bonds. The molecule has 1 aromatic heterocycles. The molecule has 1 N–H and O–H groups in total. The molecule has 1 atom stereocenters. The van der Waals surface area contributed by atoms with Gasteiger partial charge in [-0.1, -0.05) is 17.7 Å². The average Bonchev–Trinajstić information content (AvgIpc) is 2.18. The van der Waals surface area contributed by atoms with Crippen LogP contribution in [0.4, 0.5) is 0 Å². The molecule has 14 heavy (non-hydrogen) atoms. The Morgan fingerprint density at radius 1 is 1.64 bits per heavy atom. The third kappa shape index (κ3) is 3.48. The van der Waals surface area contributed by atoms with Crippen molar-refractivity contribution in [3.63, 3.8) is 0 Å². The maximum atomic E-state index is 5.98. The summed E-state index contributed by atoms with van der Waals surface area (Å²) in [6.45, 7) is 3.09. The second-order valence-corrected chi connectivity index (χ2v) is 4.40. The van der Waals surface area contributed by atoms with E-state index < -0.39 is 0 Å². The van der Waals surface area contributed by atoms with Crippen molar-refractivity contribution < 1.29 is 0 Å². The van der Waals surface area contributed by atoms with E-state index in [9.17, 15) is 0 Å². The zero-order chi connectivity index (χ0) is 10.4. The first kappa shape index (κ1) is 11.8. The van der Waals surface area contributed by atoms with Gasteiger partial charge in [0.05, 0.1) is 0 Å². The predicted molar refractivity (Wildman–Crippen MR) is 64.0 cm³/mol. The molecule has 0 bridgehead atoms. The molecule has 0 spiro atoms. The first-order chi connectivity index (χ1) is 6.75. The van der Waals surface area contributed by atoms with Crippen LogP contribution in [0.25, 0.3) is 0 Å². The summed E-state index contributed by atoms with van der Waals surface area (Å²) in [4.78, 5) is 4.05. The smallest absolute Gasteiger partial charge is 0.133 e. The van der Waals surface area contributed by atoms with Gasteiger partial charge >= 0.3 is 0 Å². The molecular formula is C10H15ClN2S. The normalized spacial score (nSPS) is 12.8. The van der Waals surface area contributed by atoms with Crippen molar-refractivity contribution >= 4 is 23.4 Å². The van der Waals surface area contributed by atoms with Crippen LogP contribution in [0.15, 0.2) is 18.3 Å². The number of thioether (sulfide) groups is 1. The van der Waals surface area contributed by atoms with Crippen LogP contribution in [-0.2, 0) is 0 Å². The van der Waals surface area contributed by atoms with Gasteiger partial charge in [0.1, 0.15) is 5.15 Å². The molecule has 0 aliphatic carbocycles. The number of hydrogen-bond acceptors (Lipinski definition) is 3. The van der Waals surface area contributed by atoms with Gasteiger partial charge in [0.25, 0.3) is 0 Å². The number of nitrogens with zero attached hydrogens (tertiary/aromatic N) is 1. The summed E-state index contributed by atoms with van der Waals surface area (Å²) < 4.78 is 0. The molecule has 4 heteroatoms. The Labute approximate surface area is 94.5 Å². The number of rotatable bonds is 5. The SMILES string of the molecule is CSCCNC(C)c1cccnc1Cl. The molecule has 0 saturated carbocycles. The molecule has 1 heterocycles. The van der Waals surface area contributed by atoms with E-state index in [0.717, 1.165) is 17.9 Å². The first-order valence-electron chi connectivity index (χ1n) is 4.58. The van der Waals surface area contributed by atoms with Gasteiger partial charge in [0.2, 0.25) is 0 Å². The van der Waals surface area contributed by atoms with Crippen LogP contribution in [0.1, 0.15) is 18.5 Å². The summed E-state index contributed by atoms with van der Waals surface area (Å²) in [6, 6.07) is 4.18. The van der Waals surface area contributed by atoms with Crippen molar-refractivity contribution in [3.05, 3.63) is 29.0 Å². The van der Waals surface area contributed by atoms with Gasteiger partial charge < -0.3 is 5.32 Å². The van der Waals surface area contributed by atoms with Crippen LogP contribution in [0.2, 0.25) is 5.15 Å². The maximum Gasteiger partial charge on any atom is 0.133 e. The van der Waals surface area contributed by atoms with E-state index in [0.29, 0.717) is 5.15 Å². The molecule has 0 aliphatic rings. The fraction of sp³-hybridized carbons (Fsp3) is 0.500. The van der Waals surface area contributed by atoms with Crippen LogP contribution in [-0.4, -0.2) is 23.5 Å². The lowest BCUT2D eigenvalue weighted by Crippen LogP contribution is -2.21. The molecule has 1 rings (SSSR count). The summed E-state index contributed by atoms with van der Waals surface area (Å²) in [5, 5.41) is 3.99. The topological polar surface area (TPSA) is 24.9 Å². The summed E-state index contributed by atoms with van der Waals surface area (Å²) >= 11 is 7.81. The highest BCUT2D eigenvalue weighted by molar-refractivity contribution is 7.98. The second-order valence-electron chi connectivity index (χ2n) is 3.05. The van der Waals surface area contributed by atoms with E-state index in [-0.39, 0.29) is 6.04 Å². The van der Waals surface area contributed by atoms with Gasteiger partial charge in [-0.05, 0) is 19.2 Å². The standard InChI is InChI=1S/C10H15ClN2S/c1-8(12-6-7-14-2)9-4-3-5-13-10(9)11/h3-5,8,12H,6-7H2,1-2H3. The molecule has 0 fully saturated rings. The van der Waals surface area contributed by atoms with Crippen molar-refractivity contribution in [3.8, 4) is 0 Å². The zero-order valence-electron chi connectivity index (χ0n) is 8.46. The third-order valence-electron chi connectivity index (χ3n) is 2.01. The van der Waals surface area contributed by atoms with E-state index in [1.807, 2.05) is 23.9 Å². The summed E-state index contributed by atoms with van der Waals surface area (Å²) in [6.07, 6.45) is 3.81. The highest BCUT2D eigenvalue weighted by atomic mass is 35.5. The van der Waals surface area contributed by atoms with Gasteiger partial charge in [-0.25, -0.2) is 4.98 Å². The average molecular weight is 231 g/mol. The van der Waals surface area contributed by atoms with Gasteiger partial charge in [0, 0.05) is 30.1 Å². The fourth-order valence-electron chi connectivity index (χ4n) is 1.21. The first-order valence-corrected chi connectivity index (χ1v) is 6.35. The lowest BCUT2D eigenvalue weighted by molar-refractivity contribution is 0.599. The van der Waals surface area contributed by atoms with Crippen LogP contribution < -0.4 is 5.32 Å². The summed E-state index contributed by atoms with van der Waals surface area (Å²) in [7, 11) is 0. The van der Waals surface area contributed by atoms with Crippen LogP contribution in [0.3, 0.4) is 0 Å². The summed E-state index contributed by atoms with van der Waals surface area (Å²) in [5.41, 5.74) is 1.07. The zero-order valence-corrected chi connectivity index (χ0v) is 10.0. The molecule has 78 valence electrons. The number of hydrogen-bond donors (Lipinski definition) is 1. The Morgan fingerprint density at radius 2 is 2.43 bits per heavy atom. The van der Waals surface area contributed by atoms with Crippen molar-refractivity contribution in [1.29, 1.82) is 0 Å². The van der Waals surface area contributed by atoms with E-state index in [1.54, 1.807) is 6.20 Å². The number of pyridine rings is 1. The van der Waals surface area contributed by atoms with Crippen molar-refractivity contribution in [2.75, 3.05) is 18.6 Å². The Balaban J connectivity index is 2.51. The Morgan fingerprint density at radius 3 is 3.07 bits per heavy atom. The van der Waals surface area contributed by atoms with Crippen LogP contribution >= 0.6 is 23.4 Å².